The number of rotatable bonds is 5. The quantitative estimate of drug-likeness (QED) is 0.186. The molecule has 49 heavy (non-hydrogen) atoms. The number of fused-ring (bicyclic) bond motifs is 4. The number of benzene rings is 6. The summed E-state index contributed by atoms with van der Waals surface area (Å²) in [4.78, 5) is 22.5. The molecule has 0 saturated carbocycles. The highest BCUT2D eigenvalue weighted by Crippen LogP contribution is 2.37. The predicted molar refractivity (Wildman–Crippen MR) is 204 cm³/mol. The van der Waals surface area contributed by atoms with E-state index in [1.807, 2.05) is 54.8 Å². The predicted octanol–water partition coefficient (Wildman–Crippen LogP) is 10.4. The maximum atomic E-state index is 12.5. The Morgan fingerprint density at radius 3 is 1.67 bits per heavy atom. The minimum Gasteiger partial charge on any atom is -0.295 e. The standard InChI is InChI=1S/C43H30N4OS/c1-46-38-22-20-33(25-39(38)47(2)43(46)48)28-14-18-30(19-15-28)37-26-36(44-42(45-37)31-8-4-3-5-9-31)29-16-12-27(13-17-29)32-21-23-41-35(24-32)34-10-6-7-11-40(34)49-41/h3-26H,1-2H3. The molecule has 0 aliphatic heterocycles. The molecule has 0 amide bonds. The molecule has 0 radical (unpaired) electrons. The first-order valence-corrected chi connectivity index (χ1v) is 17.0. The number of hydrogen-bond acceptors (Lipinski definition) is 4. The van der Waals surface area contributed by atoms with Crippen molar-refractivity contribution in [3.05, 3.63) is 156 Å². The van der Waals surface area contributed by atoms with Crippen molar-refractivity contribution >= 4 is 42.5 Å². The van der Waals surface area contributed by atoms with E-state index in [9.17, 15) is 4.79 Å². The van der Waals surface area contributed by atoms with Crippen LogP contribution in [0.3, 0.4) is 0 Å². The Bertz CT molecular complexity index is 2740. The first kappa shape index (κ1) is 29.1. The molecule has 0 spiro atoms. The van der Waals surface area contributed by atoms with Crippen LogP contribution in [0.5, 0.6) is 0 Å². The van der Waals surface area contributed by atoms with Crippen molar-refractivity contribution in [1.29, 1.82) is 0 Å². The third-order valence-electron chi connectivity index (χ3n) is 9.43. The smallest absolute Gasteiger partial charge is 0.295 e. The van der Waals surface area contributed by atoms with Crippen LogP contribution in [-0.4, -0.2) is 19.1 Å². The van der Waals surface area contributed by atoms with E-state index in [0.717, 1.165) is 50.2 Å². The van der Waals surface area contributed by atoms with Crippen LogP contribution in [0.4, 0.5) is 0 Å². The van der Waals surface area contributed by atoms with E-state index < -0.39 is 0 Å². The van der Waals surface area contributed by atoms with Crippen molar-refractivity contribution in [2.24, 2.45) is 14.1 Å². The van der Waals surface area contributed by atoms with Gasteiger partial charge in [-0.1, -0.05) is 109 Å². The van der Waals surface area contributed by atoms with Crippen LogP contribution >= 0.6 is 11.3 Å². The molecule has 9 rings (SSSR count). The van der Waals surface area contributed by atoms with E-state index in [-0.39, 0.29) is 5.69 Å². The lowest BCUT2D eigenvalue weighted by Crippen LogP contribution is -2.19. The number of hydrogen-bond donors (Lipinski definition) is 0. The molecule has 6 heteroatoms. The molecule has 0 N–H and O–H groups in total. The molecular formula is C43H30N4OS. The van der Waals surface area contributed by atoms with Gasteiger partial charge in [-0.05, 0) is 58.7 Å². The van der Waals surface area contributed by atoms with Gasteiger partial charge in [-0.25, -0.2) is 14.8 Å². The fraction of sp³-hybridized carbons (Fsp3) is 0.0465. The molecule has 5 nitrogen and oxygen atoms in total. The molecule has 0 unspecified atom stereocenters. The van der Waals surface area contributed by atoms with Gasteiger partial charge in [0.05, 0.1) is 22.4 Å². The van der Waals surface area contributed by atoms with Gasteiger partial charge in [0.1, 0.15) is 0 Å². The molecule has 234 valence electrons. The van der Waals surface area contributed by atoms with Crippen molar-refractivity contribution in [2.75, 3.05) is 0 Å². The second-order valence-electron chi connectivity index (χ2n) is 12.4. The zero-order valence-electron chi connectivity index (χ0n) is 27.0. The van der Waals surface area contributed by atoms with Gasteiger partial charge in [0.2, 0.25) is 0 Å². The fourth-order valence-electron chi connectivity index (χ4n) is 6.72. The van der Waals surface area contributed by atoms with Crippen molar-refractivity contribution in [3.8, 4) is 56.2 Å². The molecule has 0 aliphatic rings. The van der Waals surface area contributed by atoms with Gasteiger partial charge >= 0.3 is 5.69 Å². The zero-order chi connectivity index (χ0) is 33.1. The minimum absolute atomic E-state index is 0.0282. The summed E-state index contributed by atoms with van der Waals surface area (Å²) in [7, 11) is 3.62. The van der Waals surface area contributed by atoms with Crippen LogP contribution in [0.2, 0.25) is 0 Å². The zero-order valence-corrected chi connectivity index (χ0v) is 27.8. The summed E-state index contributed by atoms with van der Waals surface area (Å²) in [5.41, 5.74) is 11.0. The Hall–Kier alpha value is -6.11. The van der Waals surface area contributed by atoms with Crippen LogP contribution in [0.25, 0.3) is 87.4 Å². The molecule has 0 bridgehead atoms. The van der Waals surface area contributed by atoms with Gasteiger partial charge in [0, 0.05) is 51.0 Å². The summed E-state index contributed by atoms with van der Waals surface area (Å²) in [5.74, 6) is 0.687. The van der Waals surface area contributed by atoms with Gasteiger partial charge < -0.3 is 0 Å². The maximum Gasteiger partial charge on any atom is 0.328 e. The summed E-state index contributed by atoms with van der Waals surface area (Å²) in [5, 5.41) is 2.60. The molecule has 0 atom stereocenters. The van der Waals surface area contributed by atoms with Crippen LogP contribution in [0, 0.1) is 0 Å². The Labute approximate surface area is 287 Å². The first-order valence-electron chi connectivity index (χ1n) is 16.2. The lowest BCUT2D eigenvalue weighted by Gasteiger charge is -2.11. The molecular weight excluding hydrogens is 621 g/mol. The average Bonchev–Trinajstić information content (AvgIpc) is 3.64. The third kappa shape index (κ3) is 5.05. The molecule has 9 aromatic rings. The lowest BCUT2D eigenvalue weighted by atomic mass is 9.99. The summed E-state index contributed by atoms with van der Waals surface area (Å²) >= 11 is 1.84. The van der Waals surface area contributed by atoms with Gasteiger partial charge in [0.15, 0.2) is 5.82 Å². The second kappa shape index (κ2) is 11.5. The number of thiophene rings is 1. The Morgan fingerprint density at radius 2 is 0.980 bits per heavy atom. The van der Waals surface area contributed by atoms with Gasteiger partial charge in [0.25, 0.3) is 0 Å². The van der Waals surface area contributed by atoms with E-state index in [2.05, 4.69) is 109 Å². The maximum absolute atomic E-state index is 12.5. The normalized spacial score (nSPS) is 11.6. The molecule has 0 aliphatic carbocycles. The van der Waals surface area contributed by atoms with Gasteiger partial charge in [-0.2, -0.15) is 0 Å². The number of aromatic nitrogens is 4. The van der Waals surface area contributed by atoms with Crippen LogP contribution in [0.1, 0.15) is 0 Å². The molecule has 3 aromatic heterocycles. The second-order valence-corrected chi connectivity index (χ2v) is 13.5. The average molecular weight is 651 g/mol. The van der Waals surface area contributed by atoms with Crippen LogP contribution in [-0.2, 0) is 14.1 Å². The highest BCUT2D eigenvalue weighted by Gasteiger charge is 2.13. The summed E-state index contributed by atoms with van der Waals surface area (Å²) < 4.78 is 5.99. The molecule has 6 aromatic carbocycles. The molecule has 0 fully saturated rings. The topological polar surface area (TPSA) is 52.7 Å². The summed E-state index contributed by atoms with van der Waals surface area (Å²) in [6.07, 6.45) is 0. The van der Waals surface area contributed by atoms with E-state index in [0.29, 0.717) is 5.82 Å². The Balaban J connectivity index is 1.08. The van der Waals surface area contributed by atoms with E-state index in [1.54, 1.807) is 16.2 Å². The highest BCUT2D eigenvalue weighted by molar-refractivity contribution is 7.25. The third-order valence-corrected chi connectivity index (χ3v) is 10.6. The largest absolute Gasteiger partial charge is 0.328 e. The monoisotopic (exact) mass is 650 g/mol. The van der Waals surface area contributed by atoms with Crippen LogP contribution in [0.15, 0.2) is 150 Å². The number of nitrogens with zero attached hydrogens (tertiary/aromatic N) is 4. The lowest BCUT2D eigenvalue weighted by molar-refractivity contribution is 0.795. The molecule has 0 saturated heterocycles. The minimum atomic E-state index is -0.0282. The van der Waals surface area contributed by atoms with E-state index >= 15 is 0 Å². The summed E-state index contributed by atoms with van der Waals surface area (Å²) in [6, 6.07) is 50.9. The Kier molecular flexibility index (Phi) is 6.85. The fourth-order valence-corrected chi connectivity index (χ4v) is 7.80. The SMILES string of the molecule is Cn1c(=O)n(C)c2cc(-c3ccc(-c4cc(-c5ccc(-c6ccc7sc8ccccc8c7c6)cc5)nc(-c5ccccc5)n4)cc3)ccc21. The van der Waals surface area contributed by atoms with Gasteiger partial charge in [-0.3, -0.25) is 9.13 Å². The first-order chi connectivity index (χ1) is 24.0. The van der Waals surface area contributed by atoms with Crippen molar-refractivity contribution in [2.45, 2.75) is 0 Å². The Morgan fingerprint density at radius 1 is 0.449 bits per heavy atom. The van der Waals surface area contributed by atoms with E-state index in [1.165, 1.54) is 31.3 Å². The highest BCUT2D eigenvalue weighted by atomic mass is 32.1. The van der Waals surface area contributed by atoms with Crippen LogP contribution < -0.4 is 5.69 Å². The van der Waals surface area contributed by atoms with E-state index in [4.69, 9.17) is 9.97 Å². The van der Waals surface area contributed by atoms with Crippen molar-refractivity contribution in [3.63, 3.8) is 0 Å². The summed E-state index contributed by atoms with van der Waals surface area (Å²) in [6.45, 7) is 0. The number of aryl methyl sites for hydroxylation is 2. The van der Waals surface area contributed by atoms with Crippen molar-refractivity contribution in [1.82, 2.24) is 19.1 Å². The molecule has 3 heterocycles. The van der Waals surface area contributed by atoms with Crippen molar-refractivity contribution < 1.29 is 0 Å². The van der Waals surface area contributed by atoms with Gasteiger partial charge in [-0.15, -0.1) is 11.3 Å². The number of imidazole rings is 1.